The van der Waals surface area contributed by atoms with Gasteiger partial charge in [0.25, 0.3) is 0 Å². The molecule has 4 rings (SSSR count). The van der Waals surface area contributed by atoms with Gasteiger partial charge in [-0.15, -0.1) is 4.72 Å². The van der Waals surface area contributed by atoms with Crippen LogP contribution in [0.4, 0.5) is 0 Å². The van der Waals surface area contributed by atoms with Crippen LogP contribution < -0.4 is 4.72 Å². The topological polar surface area (TPSA) is 55.4 Å². The molecule has 1 saturated heterocycles. The zero-order valence-electron chi connectivity index (χ0n) is 15.9. The van der Waals surface area contributed by atoms with Gasteiger partial charge in [0.2, 0.25) is 5.91 Å². The average molecular weight is 383 g/mol. The summed E-state index contributed by atoms with van der Waals surface area (Å²) in [5.41, 5.74) is 5.04. The minimum absolute atomic E-state index is 0.0843. The van der Waals surface area contributed by atoms with E-state index in [0.717, 1.165) is 19.4 Å². The summed E-state index contributed by atoms with van der Waals surface area (Å²) < 4.78 is 14.4. The minimum Gasteiger partial charge on any atom is -0.598 e. The van der Waals surface area contributed by atoms with Crippen LogP contribution in [0, 0.1) is 12.8 Å². The highest BCUT2D eigenvalue weighted by Crippen LogP contribution is 2.51. The van der Waals surface area contributed by atoms with Crippen LogP contribution in [0.25, 0.3) is 11.1 Å². The van der Waals surface area contributed by atoms with E-state index in [9.17, 15) is 9.35 Å². The van der Waals surface area contributed by atoms with E-state index in [0.29, 0.717) is 12.5 Å². The summed E-state index contributed by atoms with van der Waals surface area (Å²) in [7, 11) is 0. The predicted molar refractivity (Wildman–Crippen MR) is 110 cm³/mol. The molecule has 2 aromatic rings. The van der Waals surface area contributed by atoms with E-state index in [2.05, 4.69) is 60.2 Å². The molecule has 4 atom stereocenters. The molecule has 1 heterocycles. The van der Waals surface area contributed by atoms with Crippen molar-refractivity contribution in [1.82, 2.24) is 9.62 Å². The molecule has 1 saturated carbocycles. The molecule has 2 aliphatic rings. The molecule has 142 valence electrons. The van der Waals surface area contributed by atoms with Crippen molar-refractivity contribution >= 4 is 17.3 Å². The highest BCUT2D eigenvalue weighted by Gasteiger charge is 2.47. The number of benzene rings is 2. The Balaban J connectivity index is 1.48. The van der Waals surface area contributed by atoms with Crippen molar-refractivity contribution in [3.8, 4) is 11.1 Å². The summed E-state index contributed by atoms with van der Waals surface area (Å²) in [6, 6.07) is 17.1. The second-order valence-corrected chi connectivity index (χ2v) is 8.84. The first kappa shape index (κ1) is 18.5. The highest BCUT2D eigenvalue weighted by molar-refractivity contribution is 7.88. The lowest BCUT2D eigenvalue weighted by Crippen LogP contribution is -2.38. The minimum atomic E-state index is -1.03. The number of nitrogens with zero attached hydrogens (tertiary/aromatic N) is 1. The average Bonchev–Trinajstić information content (AvgIpc) is 3.32. The normalized spacial score (nSPS) is 25.4. The Morgan fingerprint density at radius 3 is 2.59 bits per heavy atom. The number of carbonyl (C=O) groups excluding carboxylic acids is 1. The van der Waals surface area contributed by atoms with Crippen molar-refractivity contribution in [3.05, 3.63) is 59.7 Å². The maximum atomic E-state index is 13.0. The van der Waals surface area contributed by atoms with Crippen molar-refractivity contribution in [1.29, 1.82) is 0 Å². The van der Waals surface area contributed by atoms with Gasteiger partial charge in [-0.1, -0.05) is 48.5 Å². The highest BCUT2D eigenvalue weighted by atomic mass is 32.2. The summed E-state index contributed by atoms with van der Waals surface area (Å²) in [5, 5.41) is 0. The summed E-state index contributed by atoms with van der Waals surface area (Å²) in [4.78, 5) is 14.9. The number of amides is 1. The van der Waals surface area contributed by atoms with E-state index >= 15 is 0 Å². The quantitative estimate of drug-likeness (QED) is 0.808. The van der Waals surface area contributed by atoms with Gasteiger partial charge in [0, 0.05) is 30.4 Å². The molecular formula is C22H26N2O2S. The van der Waals surface area contributed by atoms with Crippen LogP contribution in [0.2, 0.25) is 0 Å². The van der Waals surface area contributed by atoms with Gasteiger partial charge < -0.3 is 9.45 Å². The van der Waals surface area contributed by atoms with Crippen molar-refractivity contribution < 1.29 is 9.35 Å². The molecule has 0 bridgehead atoms. The van der Waals surface area contributed by atoms with Gasteiger partial charge in [0.05, 0.1) is 6.04 Å². The molecule has 1 amide bonds. The first-order valence-electron chi connectivity index (χ1n) is 9.58. The second kappa shape index (κ2) is 7.66. The Morgan fingerprint density at radius 2 is 1.85 bits per heavy atom. The summed E-state index contributed by atoms with van der Waals surface area (Å²) >= 11 is -1.03. The van der Waals surface area contributed by atoms with Crippen LogP contribution in [0.5, 0.6) is 0 Å². The number of likely N-dealkylation sites (tertiary alicyclic amines) is 1. The van der Waals surface area contributed by atoms with E-state index in [1.165, 1.54) is 22.3 Å². The molecule has 4 nitrogen and oxygen atoms in total. The molecule has 27 heavy (non-hydrogen) atoms. The largest absolute Gasteiger partial charge is 0.598 e. The van der Waals surface area contributed by atoms with Crippen molar-refractivity contribution in [2.45, 2.75) is 31.7 Å². The smallest absolute Gasteiger partial charge is 0.226 e. The van der Waals surface area contributed by atoms with Gasteiger partial charge in [0.1, 0.15) is 6.26 Å². The molecule has 0 aromatic heterocycles. The van der Waals surface area contributed by atoms with E-state index in [4.69, 9.17) is 0 Å². The Bertz CT molecular complexity index is 839. The Morgan fingerprint density at radius 1 is 1.15 bits per heavy atom. The third-order valence-electron chi connectivity index (χ3n) is 5.74. The van der Waals surface area contributed by atoms with Gasteiger partial charge >= 0.3 is 0 Å². The fourth-order valence-corrected chi connectivity index (χ4v) is 4.94. The maximum absolute atomic E-state index is 13.0. The molecule has 4 unspecified atom stereocenters. The fraction of sp³-hybridized carbons (Fsp3) is 0.409. The summed E-state index contributed by atoms with van der Waals surface area (Å²) in [6.45, 7) is 3.56. The number of carbonyl (C=O) groups is 1. The Labute approximate surface area is 164 Å². The van der Waals surface area contributed by atoms with E-state index in [-0.39, 0.29) is 17.9 Å². The van der Waals surface area contributed by atoms with Gasteiger partial charge in [-0.2, -0.15) is 0 Å². The third-order valence-corrected chi connectivity index (χ3v) is 6.40. The number of rotatable bonds is 5. The number of nitrogens with one attached hydrogen (secondary N) is 1. The number of hydrogen-bond acceptors (Lipinski definition) is 3. The van der Waals surface area contributed by atoms with Gasteiger partial charge in [-0.25, -0.2) is 0 Å². The van der Waals surface area contributed by atoms with E-state index < -0.39 is 11.4 Å². The van der Waals surface area contributed by atoms with Crippen LogP contribution in [-0.4, -0.2) is 40.7 Å². The molecule has 0 spiro atoms. The molecule has 2 fully saturated rings. The third kappa shape index (κ3) is 3.91. The SMILES string of the molecule is Cc1ccccc1-c1ccccc1C1CC1C(=O)N1CCC(N[S+](C)[O-])C1. The van der Waals surface area contributed by atoms with Crippen LogP contribution in [0.3, 0.4) is 0 Å². The first-order chi connectivity index (χ1) is 13.0. The van der Waals surface area contributed by atoms with E-state index in [1.807, 2.05) is 4.90 Å². The van der Waals surface area contributed by atoms with Crippen molar-refractivity contribution in [2.24, 2.45) is 5.92 Å². The molecular weight excluding hydrogens is 356 g/mol. The summed E-state index contributed by atoms with van der Waals surface area (Å²) in [6.07, 6.45) is 3.45. The van der Waals surface area contributed by atoms with Gasteiger partial charge in [-0.05, 0) is 47.9 Å². The molecule has 0 radical (unpaired) electrons. The lowest BCUT2D eigenvalue weighted by molar-refractivity contribution is -0.131. The van der Waals surface area contributed by atoms with Crippen LogP contribution in [0.15, 0.2) is 48.5 Å². The molecule has 1 aliphatic heterocycles. The van der Waals surface area contributed by atoms with E-state index in [1.54, 1.807) is 6.26 Å². The maximum Gasteiger partial charge on any atom is 0.226 e. The lowest BCUT2D eigenvalue weighted by atomic mass is 9.93. The molecule has 2 aromatic carbocycles. The predicted octanol–water partition coefficient (Wildman–Crippen LogP) is 3.25. The van der Waals surface area contributed by atoms with Crippen molar-refractivity contribution in [3.63, 3.8) is 0 Å². The molecule has 5 heteroatoms. The fourth-order valence-electron chi connectivity index (χ4n) is 4.28. The number of hydrogen-bond donors (Lipinski definition) is 1. The zero-order chi connectivity index (χ0) is 19.0. The van der Waals surface area contributed by atoms with Crippen LogP contribution >= 0.6 is 0 Å². The van der Waals surface area contributed by atoms with Crippen LogP contribution in [0.1, 0.15) is 29.9 Å². The Hall–Kier alpha value is -1.82. The summed E-state index contributed by atoms with van der Waals surface area (Å²) in [5.74, 6) is 0.646. The second-order valence-electron chi connectivity index (χ2n) is 7.69. The Kier molecular flexibility index (Phi) is 5.26. The number of aryl methyl sites for hydroxylation is 1. The zero-order valence-corrected chi connectivity index (χ0v) is 16.7. The van der Waals surface area contributed by atoms with Gasteiger partial charge in [-0.3, -0.25) is 4.79 Å². The standard InChI is InChI=1S/C22H26N2O2S/c1-15-7-3-4-8-17(15)18-9-5-6-10-19(18)20-13-21(20)22(25)24-12-11-16(14-24)23-27(2)26/h3-10,16,20-21,23H,11-14H2,1-2H3. The van der Waals surface area contributed by atoms with Gasteiger partial charge in [0.15, 0.2) is 0 Å². The lowest BCUT2D eigenvalue weighted by Gasteiger charge is -2.18. The van der Waals surface area contributed by atoms with Crippen LogP contribution in [-0.2, 0) is 16.2 Å². The molecule has 1 aliphatic carbocycles. The monoisotopic (exact) mass is 382 g/mol. The molecule has 1 N–H and O–H groups in total. The van der Waals surface area contributed by atoms with Crippen molar-refractivity contribution in [2.75, 3.05) is 19.3 Å². The first-order valence-corrected chi connectivity index (χ1v) is 11.1.